The molecule has 0 saturated carbocycles. The highest BCUT2D eigenvalue weighted by atomic mass is 31.2. The van der Waals surface area contributed by atoms with Gasteiger partial charge in [-0.15, -0.1) is 0 Å². The Hall–Kier alpha value is -3.46. The zero-order chi connectivity index (χ0) is 27.2. The fourth-order valence-corrected chi connectivity index (χ4v) is 6.49. The zero-order valence-electron chi connectivity index (χ0n) is 22.0. The van der Waals surface area contributed by atoms with Gasteiger partial charge in [-0.25, -0.2) is 9.37 Å². The van der Waals surface area contributed by atoms with Crippen LogP contribution < -0.4 is 4.74 Å². The second-order valence-electron chi connectivity index (χ2n) is 10.4. The molecule has 3 aromatic rings. The van der Waals surface area contributed by atoms with Crippen LogP contribution in [-0.2, 0) is 18.5 Å². The van der Waals surface area contributed by atoms with Crippen molar-refractivity contribution < 1.29 is 27.6 Å². The van der Waals surface area contributed by atoms with Crippen molar-refractivity contribution in [1.29, 1.82) is 0 Å². The molecule has 1 aromatic heterocycles. The van der Waals surface area contributed by atoms with E-state index in [0.717, 1.165) is 28.1 Å². The van der Waals surface area contributed by atoms with E-state index in [2.05, 4.69) is 21.1 Å². The molecule has 2 saturated heterocycles. The maximum atomic E-state index is 13.7. The highest BCUT2D eigenvalue weighted by Gasteiger charge is 2.49. The first-order valence-electron chi connectivity index (χ1n) is 12.7. The van der Waals surface area contributed by atoms with Crippen LogP contribution in [0, 0.1) is 18.2 Å². The monoisotopic (exact) mass is 552 g/mol. The first kappa shape index (κ1) is 25.8. The van der Waals surface area contributed by atoms with Gasteiger partial charge in [0.2, 0.25) is 0 Å². The number of imidazole rings is 1. The molecular weight excluding hydrogens is 522 g/mol. The normalized spacial score (nSPS) is 27.7. The fraction of sp³-hybridized carbons (Fsp3) is 0.357. The molecule has 3 aliphatic heterocycles. The molecular formula is C28H30FN4O5P. The van der Waals surface area contributed by atoms with Gasteiger partial charge in [0, 0.05) is 24.8 Å². The van der Waals surface area contributed by atoms with Gasteiger partial charge in [-0.3, -0.25) is 4.57 Å². The second kappa shape index (κ2) is 9.93. The maximum absolute atomic E-state index is 13.7. The number of methoxy groups -OCH3 is 1. The Morgan fingerprint density at radius 1 is 1.18 bits per heavy atom. The number of piperidine rings is 1. The van der Waals surface area contributed by atoms with Crippen LogP contribution in [0.5, 0.6) is 5.75 Å². The number of ether oxygens (including phenoxy) is 1. The molecule has 3 aliphatic rings. The molecule has 0 aliphatic carbocycles. The average molecular weight is 553 g/mol. The Morgan fingerprint density at radius 3 is 2.64 bits per heavy atom. The number of fused-ring (bicyclic) bond motifs is 1. The lowest BCUT2D eigenvalue weighted by Gasteiger charge is -2.50. The van der Waals surface area contributed by atoms with Crippen molar-refractivity contribution in [2.45, 2.75) is 19.4 Å². The molecule has 1 unspecified atom stereocenters. The maximum Gasteiger partial charge on any atom is 0.327 e. The lowest BCUT2D eigenvalue weighted by Crippen LogP contribution is -2.55. The summed E-state index contributed by atoms with van der Waals surface area (Å²) >= 11 is 0. The molecule has 204 valence electrons. The predicted octanol–water partition coefficient (Wildman–Crippen LogP) is 5.36. The van der Waals surface area contributed by atoms with E-state index in [1.807, 2.05) is 35.9 Å². The van der Waals surface area contributed by atoms with Gasteiger partial charge in [-0.05, 0) is 60.4 Å². The third-order valence-corrected chi connectivity index (χ3v) is 8.59. The topological polar surface area (TPSA) is 87.4 Å². The average Bonchev–Trinajstić information content (AvgIpc) is 3.37. The summed E-state index contributed by atoms with van der Waals surface area (Å²) in [7, 11) is -1.44. The first-order valence-corrected chi connectivity index (χ1v) is 14.7. The van der Waals surface area contributed by atoms with Gasteiger partial charge in [0.05, 0.1) is 44.1 Å². The van der Waals surface area contributed by atoms with Crippen LogP contribution in [0.25, 0.3) is 11.8 Å². The van der Waals surface area contributed by atoms with E-state index in [4.69, 9.17) is 18.6 Å². The van der Waals surface area contributed by atoms with E-state index in [-0.39, 0.29) is 11.9 Å². The summed E-state index contributed by atoms with van der Waals surface area (Å²) in [6.07, 6.45) is 6.35. The quantitative estimate of drug-likeness (QED) is 0.403. The van der Waals surface area contributed by atoms with Crippen LogP contribution in [0.15, 0.2) is 65.7 Å². The Labute approximate surface area is 226 Å². The van der Waals surface area contributed by atoms with Crippen molar-refractivity contribution in [3.8, 4) is 11.4 Å². The molecule has 9 nitrogen and oxygen atoms in total. The number of benzene rings is 2. The van der Waals surface area contributed by atoms with Gasteiger partial charge < -0.3 is 28.1 Å². The SMILES string of the molecule is COc1cc(/C=C2\CC3(COP(C)(=O)OC3)CN3C2=NOCC3c2ccc(F)cc2)ccc1-n1cnc(C)c1. The minimum absolute atomic E-state index is 0.185. The molecule has 2 aromatic carbocycles. The lowest BCUT2D eigenvalue weighted by atomic mass is 9.77. The molecule has 0 radical (unpaired) electrons. The molecule has 6 rings (SSSR count). The summed E-state index contributed by atoms with van der Waals surface area (Å²) in [5, 5.41) is 4.46. The lowest BCUT2D eigenvalue weighted by molar-refractivity contribution is -0.0256. The van der Waals surface area contributed by atoms with Crippen LogP contribution in [0.3, 0.4) is 0 Å². The summed E-state index contributed by atoms with van der Waals surface area (Å²) in [5.74, 6) is 1.11. The van der Waals surface area contributed by atoms with Gasteiger partial charge >= 0.3 is 7.60 Å². The summed E-state index contributed by atoms with van der Waals surface area (Å²) < 4.78 is 45.3. The fourth-order valence-electron chi connectivity index (χ4n) is 5.40. The number of amidine groups is 1. The van der Waals surface area contributed by atoms with Crippen molar-refractivity contribution in [3.05, 3.63) is 83.2 Å². The van der Waals surface area contributed by atoms with Crippen molar-refractivity contribution in [3.63, 3.8) is 0 Å². The summed E-state index contributed by atoms with van der Waals surface area (Å²) in [6, 6.07) is 12.2. The van der Waals surface area contributed by atoms with Gasteiger partial charge in [-0.1, -0.05) is 23.4 Å². The molecule has 4 heterocycles. The number of nitrogens with zero attached hydrogens (tertiary/aromatic N) is 4. The minimum Gasteiger partial charge on any atom is -0.495 e. The Balaban J connectivity index is 1.39. The largest absolute Gasteiger partial charge is 0.495 e. The molecule has 1 spiro atoms. The molecule has 39 heavy (non-hydrogen) atoms. The van der Waals surface area contributed by atoms with Crippen LogP contribution in [0.4, 0.5) is 4.39 Å². The van der Waals surface area contributed by atoms with E-state index >= 15 is 0 Å². The standard InChI is InChI=1S/C28H30FN4O5P/c1-19-13-32(18-30-19)24-9-4-20(11-26(24)35-2)10-22-12-28(16-37-39(3,34)38-17-28)15-33-25(14-36-31-27(22)33)21-5-7-23(29)8-6-21/h4-11,13,18,25H,12,14-17H2,1-3H3/b22-10+. The number of hydrogen-bond acceptors (Lipinski definition) is 8. The van der Waals surface area contributed by atoms with Crippen LogP contribution in [-0.4, -0.2) is 60.4 Å². The van der Waals surface area contributed by atoms with Gasteiger partial charge in [0.15, 0.2) is 5.84 Å². The molecule has 11 heteroatoms. The molecule has 0 N–H and O–H groups in total. The van der Waals surface area contributed by atoms with Gasteiger partial charge in [0.1, 0.15) is 18.2 Å². The van der Waals surface area contributed by atoms with E-state index in [1.165, 1.54) is 18.8 Å². The number of oxime groups is 1. The van der Waals surface area contributed by atoms with Crippen LogP contribution in [0.2, 0.25) is 0 Å². The van der Waals surface area contributed by atoms with Gasteiger partial charge in [0.25, 0.3) is 0 Å². The Morgan fingerprint density at radius 2 is 1.95 bits per heavy atom. The van der Waals surface area contributed by atoms with Crippen molar-refractivity contribution in [2.24, 2.45) is 10.6 Å². The van der Waals surface area contributed by atoms with E-state index in [0.29, 0.717) is 44.4 Å². The highest BCUT2D eigenvalue weighted by molar-refractivity contribution is 7.53. The highest BCUT2D eigenvalue weighted by Crippen LogP contribution is 2.54. The zero-order valence-corrected chi connectivity index (χ0v) is 22.9. The predicted molar refractivity (Wildman–Crippen MR) is 145 cm³/mol. The third kappa shape index (κ3) is 5.12. The summed E-state index contributed by atoms with van der Waals surface area (Å²) in [4.78, 5) is 12.2. The minimum atomic E-state index is -3.08. The van der Waals surface area contributed by atoms with Crippen LogP contribution in [0.1, 0.15) is 29.3 Å². The third-order valence-electron chi connectivity index (χ3n) is 7.39. The number of aryl methyl sites for hydroxylation is 1. The molecule has 0 bridgehead atoms. The van der Waals surface area contributed by atoms with Crippen molar-refractivity contribution in [2.75, 3.05) is 40.1 Å². The summed E-state index contributed by atoms with van der Waals surface area (Å²) in [5.41, 5.74) is 4.12. The second-order valence-corrected chi connectivity index (χ2v) is 12.5. The number of rotatable bonds is 4. The first-order chi connectivity index (χ1) is 18.7. The number of halogens is 1. The molecule has 0 amide bonds. The van der Waals surface area contributed by atoms with E-state index in [9.17, 15) is 8.96 Å². The number of hydrogen-bond donors (Lipinski definition) is 0. The Bertz CT molecular complexity index is 1490. The Kier molecular flexibility index (Phi) is 6.57. The van der Waals surface area contributed by atoms with E-state index in [1.54, 1.807) is 25.6 Å². The van der Waals surface area contributed by atoms with Gasteiger partial charge in [-0.2, -0.15) is 0 Å². The van der Waals surface area contributed by atoms with Crippen molar-refractivity contribution in [1.82, 2.24) is 14.5 Å². The molecule has 2 fully saturated rings. The van der Waals surface area contributed by atoms with Crippen molar-refractivity contribution >= 4 is 19.5 Å². The van der Waals surface area contributed by atoms with Crippen LogP contribution >= 0.6 is 7.60 Å². The summed E-state index contributed by atoms with van der Waals surface area (Å²) in [6.45, 7) is 4.91. The van der Waals surface area contributed by atoms with E-state index < -0.39 is 13.0 Å². The number of aromatic nitrogens is 2. The molecule has 1 atom stereocenters. The smallest absolute Gasteiger partial charge is 0.327 e.